The van der Waals surface area contributed by atoms with Gasteiger partial charge in [-0.05, 0) is 25.7 Å². The average Bonchev–Trinajstić information content (AvgIpc) is 2.88. The van der Waals surface area contributed by atoms with Crippen molar-refractivity contribution in [1.29, 1.82) is 0 Å². The molecule has 0 unspecified atom stereocenters. The van der Waals surface area contributed by atoms with Gasteiger partial charge in [0, 0.05) is 25.0 Å². The molecule has 1 aromatic rings. The van der Waals surface area contributed by atoms with Gasteiger partial charge >= 0.3 is 5.69 Å². The monoisotopic (exact) mass is 296 g/mol. The van der Waals surface area contributed by atoms with Gasteiger partial charge in [-0.1, -0.05) is 0 Å². The summed E-state index contributed by atoms with van der Waals surface area (Å²) >= 11 is 0. The Morgan fingerprint density at radius 2 is 1.81 bits per heavy atom. The second-order valence-corrected chi connectivity index (χ2v) is 5.15. The van der Waals surface area contributed by atoms with Gasteiger partial charge in [-0.3, -0.25) is 14.6 Å². The van der Waals surface area contributed by atoms with E-state index in [1.165, 1.54) is 0 Å². The number of nitrogens with one attached hydrogen (secondary N) is 4. The van der Waals surface area contributed by atoms with Gasteiger partial charge in [0.1, 0.15) is 0 Å². The van der Waals surface area contributed by atoms with E-state index < -0.39 is 11.6 Å². The van der Waals surface area contributed by atoms with Crippen molar-refractivity contribution in [2.45, 2.75) is 44.2 Å². The van der Waals surface area contributed by atoms with Gasteiger partial charge in [-0.25, -0.2) is 9.89 Å². The molecule has 21 heavy (non-hydrogen) atoms. The fraction of sp³-hybridized carbons (Fsp3) is 0.667. The number of aromatic nitrogens is 3. The quantitative estimate of drug-likeness (QED) is 0.454. The lowest BCUT2D eigenvalue weighted by Crippen LogP contribution is -2.44. The first-order valence-electron chi connectivity index (χ1n) is 7.03. The summed E-state index contributed by atoms with van der Waals surface area (Å²) in [5, 5.41) is 11.5. The van der Waals surface area contributed by atoms with Crippen LogP contribution >= 0.6 is 0 Å². The number of carbonyl (C=O) groups excluding carboxylic acids is 2. The van der Waals surface area contributed by atoms with Crippen molar-refractivity contribution in [1.82, 2.24) is 25.8 Å². The molecular weight excluding hydrogens is 276 g/mol. The van der Waals surface area contributed by atoms with Crippen molar-refractivity contribution >= 4 is 11.8 Å². The predicted molar refractivity (Wildman–Crippen MR) is 74.5 cm³/mol. The first-order chi connectivity index (χ1) is 10.1. The van der Waals surface area contributed by atoms with Crippen LogP contribution in [0.3, 0.4) is 0 Å². The SMILES string of the molecule is NCCC(=O)NC1CCC(NC(=O)c2n[nH]c(=O)[nH]2)CC1. The van der Waals surface area contributed by atoms with Crippen molar-refractivity contribution in [2.75, 3.05) is 6.54 Å². The van der Waals surface area contributed by atoms with E-state index in [0.29, 0.717) is 13.0 Å². The largest absolute Gasteiger partial charge is 0.353 e. The lowest BCUT2D eigenvalue weighted by atomic mass is 9.91. The smallest absolute Gasteiger partial charge is 0.341 e. The number of nitrogens with zero attached hydrogens (tertiary/aromatic N) is 1. The third-order valence-corrected chi connectivity index (χ3v) is 3.52. The number of aromatic amines is 2. The molecule has 2 rings (SSSR count). The fourth-order valence-electron chi connectivity index (χ4n) is 2.44. The number of amides is 2. The molecule has 1 saturated carbocycles. The van der Waals surface area contributed by atoms with Gasteiger partial charge in [0.25, 0.3) is 5.91 Å². The third kappa shape index (κ3) is 4.42. The number of nitrogens with two attached hydrogens (primary N) is 1. The van der Waals surface area contributed by atoms with Crippen molar-refractivity contribution in [3.63, 3.8) is 0 Å². The Labute approximate surface area is 121 Å². The molecule has 9 heteroatoms. The predicted octanol–water partition coefficient (Wildman–Crippen LogP) is -1.40. The Balaban J connectivity index is 1.75. The highest BCUT2D eigenvalue weighted by atomic mass is 16.2. The van der Waals surface area contributed by atoms with Gasteiger partial charge in [0.05, 0.1) is 0 Å². The van der Waals surface area contributed by atoms with E-state index in [-0.39, 0.29) is 23.8 Å². The average molecular weight is 296 g/mol. The van der Waals surface area contributed by atoms with Gasteiger partial charge in [-0.2, -0.15) is 0 Å². The van der Waals surface area contributed by atoms with E-state index >= 15 is 0 Å². The molecule has 1 aliphatic rings. The summed E-state index contributed by atoms with van der Waals surface area (Å²) in [6.07, 6.45) is 3.49. The molecular formula is C12H20N6O3. The maximum absolute atomic E-state index is 11.8. The van der Waals surface area contributed by atoms with E-state index in [1.807, 2.05) is 0 Å². The van der Waals surface area contributed by atoms with Crippen LogP contribution in [0.15, 0.2) is 4.79 Å². The summed E-state index contributed by atoms with van der Waals surface area (Å²) in [7, 11) is 0. The Kier molecular flexibility index (Phi) is 5.09. The number of rotatable bonds is 5. The third-order valence-electron chi connectivity index (χ3n) is 3.52. The van der Waals surface area contributed by atoms with Crippen LogP contribution < -0.4 is 22.1 Å². The summed E-state index contributed by atoms with van der Waals surface area (Å²) < 4.78 is 0. The van der Waals surface area contributed by atoms with Crippen molar-refractivity contribution in [3.8, 4) is 0 Å². The van der Waals surface area contributed by atoms with Gasteiger partial charge in [0.15, 0.2) is 0 Å². The molecule has 0 spiro atoms. The number of hydrogen-bond acceptors (Lipinski definition) is 5. The summed E-state index contributed by atoms with van der Waals surface area (Å²) in [4.78, 5) is 36.5. The Hall–Kier alpha value is -2.16. The maximum atomic E-state index is 11.8. The number of hydrogen-bond donors (Lipinski definition) is 5. The Morgan fingerprint density at radius 3 is 2.33 bits per heavy atom. The first kappa shape index (κ1) is 15.2. The molecule has 1 aromatic heterocycles. The number of H-pyrrole nitrogens is 2. The summed E-state index contributed by atoms with van der Waals surface area (Å²) in [5.74, 6) is -0.443. The molecule has 116 valence electrons. The molecule has 0 atom stereocenters. The van der Waals surface area contributed by atoms with Gasteiger partial charge in [0.2, 0.25) is 11.7 Å². The molecule has 0 aliphatic heterocycles. The van der Waals surface area contributed by atoms with E-state index in [9.17, 15) is 14.4 Å². The van der Waals surface area contributed by atoms with E-state index in [2.05, 4.69) is 25.8 Å². The highest BCUT2D eigenvalue weighted by Crippen LogP contribution is 2.18. The van der Waals surface area contributed by atoms with Gasteiger partial charge in [-0.15, -0.1) is 5.10 Å². The Morgan fingerprint density at radius 1 is 1.19 bits per heavy atom. The Bertz CT molecular complexity index is 543. The second kappa shape index (κ2) is 7.02. The molecule has 1 fully saturated rings. The van der Waals surface area contributed by atoms with Gasteiger partial charge < -0.3 is 16.4 Å². The van der Waals surface area contributed by atoms with Crippen LogP contribution in [0.5, 0.6) is 0 Å². The summed E-state index contributed by atoms with van der Waals surface area (Å²) in [6.45, 7) is 0.346. The zero-order chi connectivity index (χ0) is 15.2. The highest BCUT2D eigenvalue weighted by Gasteiger charge is 2.24. The van der Waals surface area contributed by atoms with Crippen LogP contribution in [0.2, 0.25) is 0 Å². The molecule has 2 amide bonds. The van der Waals surface area contributed by atoms with Crippen LogP contribution in [0.4, 0.5) is 0 Å². The van der Waals surface area contributed by atoms with Crippen molar-refractivity contribution in [3.05, 3.63) is 16.3 Å². The van der Waals surface area contributed by atoms with Crippen LogP contribution in [0, 0.1) is 0 Å². The second-order valence-electron chi connectivity index (χ2n) is 5.15. The zero-order valence-electron chi connectivity index (χ0n) is 11.6. The van der Waals surface area contributed by atoms with Crippen LogP contribution in [0.1, 0.15) is 42.7 Å². The lowest BCUT2D eigenvalue weighted by molar-refractivity contribution is -0.121. The van der Waals surface area contributed by atoms with E-state index in [1.54, 1.807) is 0 Å². The minimum atomic E-state index is -0.508. The first-order valence-corrected chi connectivity index (χ1v) is 7.03. The normalized spacial score (nSPS) is 21.8. The minimum absolute atomic E-state index is 0.0154. The van der Waals surface area contributed by atoms with Crippen molar-refractivity contribution < 1.29 is 9.59 Å². The van der Waals surface area contributed by atoms with Crippen LogP contribution in [-0.2, 0) is 4.79 Å². The van der Waals surface area contributed by atoms with Crippen LogP contribution in [0.25, 0.3) is 0 Å². The number of carbonyl (C=O) groups is 2. The highest BCUT2D eigenvalue weighted by molar-refractivity contribution is 5.90. The topological polar surface area (TPSA) is 146 Å². The van der Waals surface area contributed by atoms with E-state index in [4.69, 9.17) is 5.73 Å². The zero-order valence-corrected chi connectivity index (χ0v) is 11.6. The minimum Gasteiger partial charge on any atom is -0.353 e. The summed E-state index contributed by atoms with van der Waals surface area (Å²) in [5.41, 5.74) is 4.82. The van der Waals surface area contributed by atoms with Crippen molar-refractivity contribution in [2.24, 2.45) is 5.73 Å². The fourth-order valence-corrected chi connectivity index (χ4v) is 2.44. The maximum Gasteiger partial charge on any atom is 0.341 e. The molecule has 0 aromatic carbocycles. The molecule has 9 nitrogen and oxygen atoms in total. The molecule has 6 N–H and O–H groups in total. The lowest BCUT2D eigenvalue weighted by Gasteiger charge is -2.29. The molecule has 0 saturated heterocycles. The van der Waals surface area contributed by atoms with E-state index in [0.717, 1.165) is 25.7 Å². The van der Waals surface area contributed by atoms with Crippen LogP contribution in [-0.4, -0.2) is 45.6 Å². The molecule has 0 bridgehead atoms. The summed E-state index contributed by atoms with van der Waals surface area (Å²) in [6, 6.07) is 0.169. The molecule has 0 radical (unpaired) electrons. The standard InChI is InChI=1S/C12H20N6O3/c13-6-5-9(19)14-7-1-3-8(4-2-7)15-11(20)10-16-12(21)18-17-10/h7-8H,1-6,13H2,(H,14,19)(H,15,20)(H2,16,17,18,21). The molecule has 1 aliphatic carbocycles. The molecule has 1 heterocycles.